The van der Waals surface area contributed by atoms with E-state index in [0.717, 1.165) is 24.3 Å². The van der Waals surface area contributed by atoms with Crippen molar-refractivity contribution < 1.29 is 36.2 Å². The largest absolute Gasteiger partial charge is 0.573 e. The first kappa shape index (κ1) is 16.0. The summed E-state index contributed by atoms with van der Waals surface area (Å²) in [6, 6.07) is 6.79. The molecule has 2 aromatic rings. The normalized spacial score (nSPS) is 12.3. The standard InChI is InChI=1S/C14H8F6O2/c15-13(16,17)11-4-2-1-3-9(11)10-6-5-8(7-12(10)21)22-14(18,19)20/h1-7,21H. The molecule has 0 amide bonds. The molecular formula is C14H8F6O2. The van der Waals surface area contributed by atoms with Gasteiger partial charge in [0.2, 0.25) is 0 Å². The van der Waals surface area contributed by atoms with E-state index in [9.17, 15) is 31.4 Å². The molecule has 118 valence electrons. The molecule has 0 fully saturated rings. The fourth-order valence-electron chi connectivity index (χ4n) is 1.90. The van der Waals surface area contributed by atoms with Crippen molar-refractivity contribution in [1.29, 1.82) is 0 Å². The molecule has 2 rings (SSSR count). The molecule has 0 heterocycles. The lowest BCUT2D eigenvalue weighted by atomic mass is 9.98. The second kappa shape index (κ2) is 5.43. The average molecular weight is 322 g/mol. The van der Waals surface area contributed by atoms with E-state index < -0.39 is 29.6 Å². The first-order chi connectivity index (χ1) is 10.1. The van der Waals surface area contributed by atoms with Crippen molar-refractivity contribution in [2.24, 2.45) is 0 Å². The van der Waals surface area contributed by atoms with Crippen LogP contribution in [0.2, 0.25) is 0 Å². The van der Waals surface area contributed by atoms with Gasteiger partial charge in [-0.15, -0.1) is 13.2 Å². The summed E-state index contributed by atoms with van der Waals surface area (Å²) in [6.07, 6.45) is -9.62. The van der Waals surface area contributed by atoms with Crippen molar-refractivity contribution in [2.45, 2.75) is 12.5 Å². The second-order valence-corrected chi connectivity index (χ2v) is 4.27. The number of alkyl halides is 6. The van der Waals surface area contributed by atoms with E-state index in [2.05, 4.69) is 4.74 Å². The summed E-state index contributed by atoms with van der Waals surface area (Å²) >= 11 is 0. The number of halogens is 6. The topological polar surface area (TPSA) is 29.5 Å². The summed E-state index contributed by atoms with van der Waals surface area (Å²) in [6.45, 7) is 0. The molecule has 8 heteroatoms. The number of rotatable bonds is 2. The molecule has 0 aromatic heterocycles. The van der Waals surface area contributed by atoms with Gasteiger partial charge in [0, 0.05) is 11.6 Å². The number of ether oxygens (including phenoxy) is 1. The predicted molar refractivity (Wildman–Crippen MR) is 65.2 cm³/mol. The minimum Gasteiger partial charge on any atom is -0.507 e. The Morgan fingerprint density at radius 2 is 1.45 bits per heavy atom. The molecule has 0 aliphatic carbocycles. The highest BCUT2D eigenvalue weighted by atomic mass is 19.4. The van der Waals surface area contributed by atoms with Crippen LogP contribution >= 0.6 is 0 Å². The zero-order chi connectivity index (χ0) is 16.5. The number of hydrogen-bond donors (Lipinski definition) is 1. The highest BCUT2D eigenvalue weighted by molar-refractivity contribution is 5.74. The quantitative estimate of drug-likeness (QED) is 0.791. The fourth-order valence-corrected chi connectivity index (χ4v) is 1.90. The summed E-state index contributed by atoms with van der Waals surface area (Å²) in [7, 11) is 0. The Hall–Kier alpha value is -2.38. The SMILES string of the molecule is Oc1cc(OC(F)(F)F)ccc1-c1ccccc1C(F)(F)F. The zero-order valence-corrected chi connectivity index (χ0v) is 10.7. The van der Waals surface area contributed by atoms with Crippen molar-refractivity contribution in [3.63, 3.8) is 0 Å². The Morgan fingerprint density at radius 1 is 0.818 bits per heavy atom. The Labute approximate surface area is 120 Å². The number of phenolic OH excluding ortho intramolecular Hbond substituents is 1. The third kappa shape index (κ3) is 3.63. The highest BCUT2D eigenvalue weighted by Gasteiger charge is 2.34. The zero-order valence-electron chi connectivity index (χ0n) is 10.7. The van der Waals surface area contributed by atoms with Crippen LogP contribution in [0, 0.1) is 0 Å². The maximum atomic E-state index is 12.9. The van der Waals surface area contributed by atoms with Crippen LogP contribution in [0.5, 0.6) is 11.5 Å². The average Bonchev–Trinajstić information content (AvgIpc) is 2.36. The Kier molecular flexibility index (Phi) is 3.95. The van der Waals surface area contributed by atoms with Gasteiger partial charge in [-0.2, -0.15) is 13.2 Å². The van der Waals surface area contributed by atoms with Crippen LogP contribution in [0.1, 0.15) is 5.56 Å². The minimum atomic E-state index is -4.96. The van der Waals surface area contributed by atoms with E-state index in [1.54, 1.807) is 0 Å². The third-order valence-electron chi connectivity index (χ3n) is 2.73. The van der Waals surface area contributed by atoms with Gasteiger partial charge in [-0.25, -0.2) is 0 Å². The highest BCUT2D eigenvalue weighted by Crippen LogP contribution is 2.41. The Morgan fingerprint density at radius 3 is 2.00 bits per heavy atom. The van der Waals surface area contributed by atoms with Gasteiger partial charge in [-0.1, -0.05) is 18.2 Å². The van der Waals surface area contributed by atoms with Crippen molar-refractivity contribution in [1.82, 2.24) is 0 Å². The molecule has 0 spiro atoms. The molecule has 0 saturated heterocycles. The van der Waals surface area contributed by atoms with E-state index >= 15 is 0 Å². The minimum absolute atomic E-state index is 0.248. The van der Waals surface area contributed by atoms with Crippen LogP contribution in [0.3, 0.4) is 0 Å². The monoisotopic (exact) mass is 322 g/mol. The van der Waals surface area contributed by atoms with Gasteiger partial charge in [-0.3, -0.25) is 0 Å². The van der Waals surface area contributed by atoms with Crippen molar-refractivity contribution in [3.05, 3.63) is 48.0 Å². The Balaban J connectivity index is 2.47. The van der Waals surface area contributed by atoms with Crippen LogP contribution in [-0.4, -0.2) is 11.5 Å². The molecule has 0 saturated carbocycles. The molecule has 0 radical (unpaired) electrons. The summed E-state index contributed by atoms with van der Waals surface area (Å²) in [4.78, 5) is 0. The van der Waals surface area contributed by atoms with Crippen molar-refractivity contribution in [2.75, 3.05) is 0 Å². The molecule has 2 nitrogen and oxygen atoms in total. The van der Waals surface area contributed by atoms with E-state index in [1.165, 1.54) is 12.1 Å². The van der Waals surface area contributed by atoms with Crippen LogP contribution < -0.4 is 4.74 Å². The van der Waals surface area contributed by atoms with Gasteiger partial charge in [0.1, 0.15) is 11.5 Å². The first-order valence-corrected chi connectivity index (χ1v) is 5.83. The van der Waals surface area contributed by atoms with E-state index in [-0.39, 0.29) is 11.1 Å². The van der Waals surface area contributed by atoms with Gasteiger partial charge < -0.3 is 9.84 Å². The van der Waals surface area contributed by atoms with Crippen LogP contribution in [0.4, 0.5) is 26.3 Å². The Bertz CT molecular complexity index is 676. The molecule has 0 bridgehead atoms. The summed E-state index contributed by atoms with van der Waals surface area (Å²) in [5.74, 6) is -1.48. The maximum absolute atomic E-state index is 12.9. The summed E-state index contributed by atoms with van der Waals surface area (Å²) in [5.41, 5.74) is -1.59. The molecule has 0 atom stereocenters. The van der Waals surface area contributed by atoms with E-state index in [0.29, 0.717) is 6.07 Å². The number of benzene rings is 2. The van der Waals surface area contributed by atoms with Gasteiger partial charge in [0.15, 0.2) is 0 Å². The number of phenols is 1. The number of aromatic hydroxyl groups is 1. The molecule has 0 aliphatic heterocycles. The summed E-state index contributed by atoms with van der Waals surface area (Å²) in [5, 5.41) is 9.72. The first-order valence-electron chi connectivity index (χ1n) is 5.83. The smallest absolute Gasteiger partial charge is 0.507 e. The predicted octanol–water partition coefficient (Wildman–Crippen LogP) is 4.98. The van der Waals surface area contributed by atoms with Gasteiger partial charge in [0.25, 0.3) is 0 Å². The van der Waals surface area contributed by atoms with Crippen LogP contribution in [0.25, 0.3) is 11.1 Å². The maximum Gasteiger partial charge on any atom is 0.573 e. The fraction of sp³-hybridized carbons (Fsp3) is 0.143. The summed E-state index contributed by atoms with van der Waals surface area (Å²) < 4.78 is 78.5. The molecule has 1 N–H and O–H groups in total. The molecular weight excluding hydrogens is 314 g/mol. The van der Waals surface area contributed by atoms with E-state index in [1.807, 2.05) is 0 Å². The van der Waals surface area contributed by atoms with Gasteiger partial charge in [-0.05, 0) is 23.8 Å². The van der Waals surface area contributed by atoms with E-state index in [4.69, 9.17) is 0 Å². The van der Waals surface area contributed by atoms with Gasteiger partial charge >= 0.3 is 12.5 Å². The lowest BCUT2D eigenvalue weighted by Gasteiger charge is -2.15. The molecule has 0 unspecified atom stereocenters. The third-order valence-corrected chi connectivity index (χ3v) is 2.73. The molecule has 2 aromatic carbocycles. The molecule has 22 heavy (non-hydrogen) atoms. The van der Waals surface area contributed by atoms with Crippen LogP contribution in [0.15, 0.2) is 42.5 Å². The second-order valence-electron chi connectivity index (χ2n) is 4.27. The van der Waals surface area contributed by atoms with Crippen LogP contribution in [-0.2, 0) is 6.18 Å². The molecule has 0 aliphatic rings. The lowest BCUT2D eigenvalue weighted by Crippen LogP contribution is -2.17. The number of hydrogen-bond acceptors (Lipinski definition) is 2. The van der Waals surface area contributed by atoms with Crippen molar-refractivity contribution in [3.8, 4) is 22.6 Å². The van der Waals surface area contributed by atoms with Gasteiger partial charge in [0.05, 0.1) is 5.56 Å². The van der Waals surface area contributed by atoms with Crippen molar-refractivity contribution >= 4 is 0 Å². The lowest BCUT2D eigenvalue weighted by molar-refractivity contribution is -0.274.